The molecule has 0 aromatic heterocycles. The zero-order valence-corrected chi connectivity index (χ0v) is 12.5. The Morgan fingerprint density at radius 1 is 1.37 bits per heavy atom. The van der Waals surface area contributed by atoms with Crippen LogP contribution in [0.3, 0.4) is 0 Å². The monoisotopic (exact) mass is 300 g/mol. The van der Waals surface area contributed by atoms with Crippen LogP contribution in [0.4, 0.5) is 10.5 Å². The number of nitrogens with zero attached hydrogens (tertiary/aromatic N) is 1. The standard InChI is InChI=1S/C14H18Cl2N2O/c1-2-11-5-3-4-8-18(11)14(19)17-10-6-7-12(15)13(16)9-10/h6-7,9,11H,2-5,8H2,1H3,(H,17,19). The van der Waals surface area contributed by atoms with E-state index in [0.717, 1.165) is 25.8 Å². The van der Waals surface area contributed by atoms with Gasteiger partial charge in [-0.15, -0.1) is 0 Å². The summed E-state index contributed by atoms with van der Waals surface area (Å²) in [6.45, 7) is 2.95. The van der Waals surface area contributed by atoms with Gasteiger partial charge in [0.25, 0.3) is 0 Å². The normalized spacial score (nSPS) is 19.3. The van der Waals surface area contributed by atoms with Gasteiger partial charge in [-0.25, -0.2) is 4.79 Å². The number of carbonyl (C=O) groups is 1. The summed E-state index contributed by atoms with van der Waals surface area (Å²) in [4.78, 5) is 14.2. The first kappa shape index (κ1) is 14.5. The summed E-state index contributed by atoms with van der Waals surface area (Å²) in [7, 11) is 0. The fraction of sp³-hybridized carbons (Fsp3) is 0.500. The van der Waals surface area contributed by atoms with Gasteiger partial charge in [-0.3, -0.25) is 0 Å². The quantitative estimate of drug-likeness (QED) is 0.837. The predicted molar refractivity (Wildman–Crippen MR) is 80.1 cm³/mol. The molecule has 1 atom stereocenters. The molecule has 1 saturated heterocycles. The molecule has 1 aliphatic heterocycles. The molecular weight excluding hydrogens is 283 g/mol. The number of urea groups is 1. The first-order chi connectivity index (χ1) is 9.11. The van der Waals surface area contributed by atoms with Crippen LogP contribution >= 0.6 is 23.2 Å². The highest BCUT2D eigenvalue weighted by Gasteiger charge is 2.25. The van der Waals surface area contributed by atoms with Crippen molar-refractivity contribution in [3.8, 4) is 0 Å². The second kappa shape index (κ2) is 6.49. The Bertz CT molecular complexity index is 465. The molecule has 1 N–H and O–H groups in total. The lowest BCUT2D eigenvalue weighted by atomic mass is 10.0. The number of benzene rings is 1. The molecule has 104 valence electrons. The van der Waals surface area contributed by atoms with Crippen molar-refractivity contribution < 1.29 is 4.79 Å². The highest BCUT2D eigenvalue weighted by Crippen LogP contribution is 2.26. The Morgan fingerprint density at radius 2 is 2.16 bits per heavy atom. The smallest absolute Gasteiger partial charge is 0.322 e. The van der Waals surface area contributed by atoms with Crippen LogP contribution in [0.2, 0.25) is 10.0 Å². The molecule has 1 fully saturated rings. The molecule has 2 amide bonds. The SMILES string of the molecule is CCC1CCCCN1C(=O)Nc1ccc(Cl)c(Cl)c1. The molecule has 1 unspecified atom stereocenters. The summed E-state index contributed by atoms with van der Waals surface area (Å²) >= 11 is 11.8. The van der Waals surface area contributed by atoms with E-state index in [4.69, 9.17) is 23.2 Å². The Labute approximate surface area is 123 Å². The molecule has 0 spiro atoms. The van der Waals surface area contributed by atoms with E-state index in [0.29, 0.717) is 21.8 Å². The van der Waals surface area contributed by atoms with E-state index in [1.165, 1.54) is 6.42 Å². The summed E-state index contributed by atoms with van der Waals surface area (Å²) < 4.78 is 0. The van der Waals surface area contributed by atoms with Gasteiger partial charge < -0.3 is 10.2 Å². The number of hydrogen-bond donors (Lipinski definition) is 1. The number of nitrogens with one attached hydrogen (secondary N) is 1. The van der Waals surface area contributed by atoms with E-state index in [-0.39, 0.29) is 6.03 Å². The minimum absolute atomic E-state index is 0.0510. The Balaban J connectivity index is 2.05. The van der Waals surface area contributed by atoms with Crippen molar-refractivity contribution in [1.29, 1.82) is 0 Å². The minimum Gasteiger partial charge on any atom is -0.322 e. The van der Waals surface area contributed by atoms with Crippen molar-refractivity contribution in [1.82, 2.24) is 4.90 Å². The van der Waals surface area contributed by atoms with Gasteiger partial charge in [0, 0.05) is 18.3 Å². The Kier molecular flexibility index (Phi) is 4.94. The maximum absolute atomic E-state index is 12.3. The van der Waals surface area contributed by atoms with Crippen LogP contribution < -0.4 is 5.32 Å². The third-order valence-electron chi connectivity index (χ3n) is 3.53. The third-order valence-corrected chi connectivity index (χ3v) is 4.27. The van der Waals surface area contributed by atoms with Crippen molar-refractivity contribution in [2.45, 2.75) is 38.6 Å². The van der Waals surface area contributed by atoms with Crippen LogP contribution in [-0.2, 0) is 0 Å². The minimum atomic E-state index is -0.0510. The van der Waals surface area contributed by atoms with Crippen molar-refractivity contribution >= 4 is 34.9 Å². The number of hydrogen-bond acceptors (Lipinski definition) is 1. The molecule has 0 aliphatic carbocycles. The fourth-order valence-corrected chi connectivity index (χ4v) is 2.76. The number of anilines is 1. The van der Waals surface area contributed by atoms with E-state index in [2.05, 4.69) is 12.2 Å². The average Bonchev–Trinajstić information content (AvgIpc) is 2.43. The van der Waals surface area contributed by atoms with Gasteiger partial charge >= 0.3 is 6.03 Å². The molecule has 5 heteroatoms. The van der Waals surface area contributed by atoms with Crippen LogP contribution in [0.15, 0.2) is 18.2 Å². The highest BCUT2D eigenvalue weighted by atomic mass is 35.5. The number of halogens is 2. The van der Waals surface area contributed by atoms with Gasteiger partial charge in [-0.1, -0.05) is 30.1 Å². The van der Waals surface area contributed by atoms with Gasteiger partial charge in [-0.05, 0) is 43.9 Å². The molecule has 0 radical (unpaired) electrons. The van der Waals surface area contributed by atoms with Crippen LogP contribution in [0, 0.1) is 0 Å². The van der Waals surface area contributed by atoms with Gasteiger partial charge in [0.15, 0.2) is 0 Å². The van der Waals surface area contributed by atoms with Gasteiger partial charge in [-0.2, -0.15) is 0 Å². The van der Waals surface area contributed by atoms with Crippen LogP contribution in [0.25, 0.3) is 0 Å². The van der Waals surface area contributed by atoms with Crippen molar-refractivity contribution in [3.63, 3.8) is 0 Å². The number of carbonyl (C=O) groups excluding carboxylic acids is 1. The highest BCUT2D eigenvalue weighted by molar-refractivity contribution is 6.42. The summed E-state index contributed by atoms with van der Waals surface area (Å²) in [6.07, 6.45) is 4.36. The van der Waals surface area contributed by atoms with E-state index < -0.39 is 0 Å². The largest absolute Gasteiger partial charge is 0.322 e. The molecule has 1 heterocycles. The average molecular weight is 301 g/mol. The third kappa shape index (κ3) is 3.54. The molecule has 1 aliphatic rings. The molecule has 1 aromatic carbocycles. The lowest BCUT2D eigenvalue weighted by Gasteiger charge is -2.35. The fourth-order valence-electron chi connectivity index (χ4n) is 2.46. The molecule has 1 aromatic rings. The molecule has 2 rings (SSSR count). The predicted octanol–water partition coefficient (Wildman–Crippen LogP) is 4.79. The number of piperidine rings is 1. The van der Waals surface area contributed by atoms with Gasteiger partial charge in [0.2, 0.25) is 0 Å². The lowest BCUT2D eigenvalue weighted by Crippen LogP contribution is -2.45. The zero-order chi connectivity index (χ0) is 13.8. The number of rotatable bonds is 2. The topological polar surface area (TPSA) is 32.3 Å². The second-order valence-corrected chi connectivity index (χ2v) is 5.62. The van der Waals surface area contributed by atoms with E-state index >= 15 is 0 Å². The molecule has 0 bridgehead atoms. The van der Waals surface area contributed by atoms with Gasteiger partial charge in [0.05, 0.1) is 10.0 Å². The van der Waals surface area contributed by atoms with Crippen molar-refractivity contribution in [2.24, 2.45) is 0 Å². The number of amides is 2. The Morgan fingerprint density at radius 3 is 2.84 bits per heavy atom. The molecule has 19 heavy (non-hydrogen) atoms. The zero-order valence-electron chi connectivity index (χ0n) is 11.0. The van der Waals surface area contributed by atoms with Gasteiger partial charge in [0.1, 0.15) is 0 Å². The maximum atomic E-state index is 12.3. The van der Waals surface area contributed by atoms with Crippen LogP contribution in [0.5, 0.6) is 0 Å². The van der Waals surface area contributed by atoms with E-state index in [9.17, 15) is 4.79 Å². The van der Waals surface area contributed by atoms with E-state index in [1.54, 1.807) is 18.2 Å². The summed E-state index contributed by atoms with van der Waals surface area (Å²) in [5.74, 6) is 0. The summed E-state index contributed by atoms with van der Waals surface area (Å²) in [5.41, 5.74) is 0.680. The Hall–Kier alpha value is -0.930. The first-order valence-corrected chi connectivity index (χ1v) is 7.40. The second-order valence-electron chi connectivity index (χ2n) is 4.81. The lowest BCUT2D eigenvalue weighted by molar-refractivity contribution is 0.160. The molecule has 0 saturated carbocycles. The first-order valence-electron chi connectivity index (χ1n) is 6.64. The number of likely N-dealkylation sites (tertiary alicyclic amines) is 1. The maximum Gasteiger partial charge on any atom is 0.322 e. The summed E-state index contributed by atoms with van der Waals surface area (Å²) in [6, 6.07) is 5.41. The van der Waals surface area contributed by atoms with Crippen molar-refractivity contribution in [2.75, 3.05) is 11.9 Å². The van der Waals surface area contributed by atoms with Crippen molar-refractivity contribution in [3.05, 3.63) is 28.2 Å². The summed E-state index contributed by atoms with van der Waals surface area (Å²) in [5, 5.41) is 3.83. The van der Waals surface area contributed by atoms with Crippen LogP contribution in [0.1, 0.15) is 32.6 Å². The van der Waals surface area contributed by atoms with E-state index in [1.807, 2.05) is 4.90 Å². The molecular formula is C14H18Cl2N2O. The van der Waals surface area contributed by atoms with Crippen LogP contribution in [-0.4, -0.2) is 23.5 Å². The molecule has 3 nitrogen and oxygen atoms in total.